The van der Waals surface area contributed by atoms with Crippen molar-refractivity contribution in [3.8, 4) is 11.5 Å². The standard InChI is InChI=1S/C39H53N5O7/c1-24(2)15-16-42(34(46)20-44-33-18-29(50-10)12-14-31(33)36(41-44)38(48)26(5)6)22-39(7,8)23-51-21-27(45)19-43-32-17-28(49-9)11-13-30(32)35(40-43)37(47)25(3)4/h11-14,17-18,24-26H,15-16,19-23H2,1-10H3. The lowest BCUT2D eigenvalue weighted by Gasteiger charge is -2.33. The van der Waals surface area contributed by atoms with Crippen LogP contribution in [0, 0.1) is 23.2 Å². The Hall–Kier alpha value is -4.58. The van der Waals surface area contributed by atoms with Crippen LogP contribution in [0.4, 0.5) is 0 Å². The van der Waals surface area contributed by atoms with E-state index in [2.05, 4.69) is 24.0 Å². The van der Waals surface area contributed by atoms with Crippen LogP contribution in [0.25, 0.3) is 21.8 Å². The number of ketones is 3. The Morgan fingerprint density at radius 1 is 0.765 bits per heavy atom. The second-order valence-electron chi connectivity index (χ2n) is 15.0. The van der Waals surface area contributed by atoms with E-state index in [0.717, 1.165) is 6.42 Å². The van der Waals surface area contributed by atoms with Crippen molar-refractivity contribution in [1.29, 1.82) is 0 Å². The summed E-state index contributed by atoms with van der Waals surface area (Å²) in [6.45, 7) is 16.4. The minimum atomic E-state index is -0.496. The Balaban J connectivity index is 1.46. The van der Waals surface area contributed by atoms with E-state index in [4.69, 9.17) is 14.2 Å². The molecular formula is C39H53N5O7. The van der Waals surface area contributed by atoms with Gasteiger partial charge >= 0.3 is 0 Å². The number of amides is 1. The van der Waals surface area contributed by atoms with Gasteiger partial charge in [-0.3, -0.25) is 28.5 Å². The van der Waals surface area contributed by atoms with Crippen LogP contribution in [0.5, 0.6) is 11.5 Å². The fraction of sp³-hybridized carbons (Fsp3) is 0.538. The maximum Gasteiger partial charge on any atom is 0.244 e. The smallest absolute Gasteiger partial charge is 0.244 e. The number of methoxy groups -OCH3 is 2. The van der Waals surface area contributed by atoms with Gasteiger partial charge in [0.1, 0.15) is 42.6 Å². The molecule has 2 aromatic carbocycles. The van der Waals surface area contributed by atoms with Crippen LogP contribution in [-0.2, 0) is 27.4 Å². The van der Waals surface area contributed by atoms with Crippen LogP contribution in [-0.4, -0.2) is 88.2 Å². The summed E-state index contributed by atoms with van der Waals surface area (Å²) < 4.78 is 19.9. The van der Waals surface area contributed by atoms with Gasteiger partial charge < -0.3 is 19.1 Å². The molecule has 276 valence electrons. The predicted octanol–water partition coefficient (Wildman–Crippen LogP) is 6.27. The van der Waals surface area contributed by atoms with Gasteiger partial charge in [0.2, 0.25) is 5.91 Å². The molecule has 0 aliphatic carbocycles. The van der Waals surface area contributed by atoms with Crippen molar-refractivity contribution >= 4 is 45.1 Å². The normalized spacial score (nSPS) is 12.0. The molecule has 0 bridgehead atoms. The molecule has 0 fully saturated rings. The zero-order valence-electron chi connectivity index (χ0n) is 31.7. The quantitative estimate of drug-likeness (QED) is 0.104. The molecule has 51 heavy (non-hydrogen) atoms. The summed E-state index contributed by atoms with van der Waals surface area (Å²) in [7, 11) is 3.13. The lowest BCUT2D eigenvalue weighted by Crippen LogP contribution is -2.43. The Kier molecular flexibility index (Phi) is 12.8. The Bertz CT molecular complexity index is 1890. The van der Waals surface area contributed by atoms with Crippen molar-refractivity contribution < 1.29 is 33.4 Å². The third-order valence-corrected chi connectivity index (χ3v) is 8.75. The summed E-state index contributed by atoms with van der Waals surface area (Å²) in [5.41, 5.74) is 1.46. The maximum absolute atomic E-state index is 14.0. The molecule has 12 nitrogen and oxygen atoms in total. The molecule has 4 aromatic rings. The molecule has 0 unspecified atom stereocenters. The molecule has 2 heterocycles. The van der Waals surface area contributed by atoms with E-state index < -0.39 is 5.41 Å². The molecule has 12 heteroatoms. The largest absolute Gasteiger partial charge is 0.497 e. The van der Waals surface area contributed by atoms with Crippen molar-refractivity contribution in [2.24, 2.45) is 23.2 Å². The number of hydrogen-bond acceptors (Lipinski definition) is 9. The summed E-state index contributed by atoms with van der Waals surface area (Å²) in [5, 5.41) is 10.5. The number of hydrogen-bond donors (Lipinski definition) is 0. The van der Waals surface area contributed by atoms with Gasteiger partial charge in [0.25, 0.3) is 0 Å². The van der Waals surface area contributed by atoms with E-state index in [9.17, 15) is 19.2 Å². The highest BCUT2D eigenvalue weighted by Gasteiger charge is 2.28. The first kappa shape index (κ1) is 39.2. The van der Waals surface area contributed by atoms with Crippen LogP contribution in [0.2, 0.25) is 0 Å². The highest BCUT2D eigenvalue weighted by molar-refractivity contribution is 6.08. The lowest BCUT2D eigenvalue weighted by molar-refractivity contribution is -0.135. The molecule has 0 saturated carbocycles. The fourth-order valence-electron chi connectivity index (χ4n) is 5.86. The second-order valence-corrected chi connectivity index (χ2v) is 15.0. The van der Waals surface area contributed by atoms with Gasteiger partial charge in [-0.05, 0) is 36.6 Å². The van der Waals surface area contributed by atoms with E-state index in [1.165, 1.54) is 4.68 Å². The number of Topliss-reactive ketones (excluding diaryl/α,β-unsaturated/α-hetero) is 3. The van der Waals surface area contributed by atoms with Crippen LogP contribution in [0.1, 0.15) is 82.8 Å². The minimum absolute atomic E-state index is 0.0491. The van der Waals surface area contributed by atoms with Crippen LogP contribution < -0.4 is 9.47 Å². The van der Waals surface area contributed by atoms with E-state index in [0.29, 0.717) is 63.7 Å². The highest BCUT2D eigenvalue weighted by Crippen LogP contribution is 2.28. The van der Waals surface area contributed by atoms with Crippen molar-refractivity contribution in [2.75, 3.05) is 40.5 Å². The van der Waals surface area contributed by atoms with Crippen LogP contribution >= 0.6 is 0 Å². The Morgan fingerprint density at radius 2 is 1.25 bits per heavy atom. The molecule has 0 radical (unpaired) electrons. The number of aromatic nitrogens is 4. The summed E-state index contributed by atoms with van der Waals surface area (Å²) in [6, 6.07) is 10.7. The monoisotopic (exact) mass is 703 g/mol. The Morgan fingerprint density at radius 3 is 1.71 bits per heavy atom. The molecule has 0 atom stereocenters. The van der Waals surface area contributed by atoms with Crippen LogP contribution in [0.15, 0.2) is 36.4 Å². The molecule has 0 aliphatic rings. The molecule has 2 aromatic heterocycles. The predicted molar refractivity (Wildman–Crippen MR) is 197 cm³/mol. The summed E-state index contributed by atoms with van der Waals surface area (Å²) in [5.74, 6) is 0.539. The van der Waals surface area contributed by atoms with E-state index in [1.807, 2.05) is 52.5 Å². The number of carbonyl (C=O) groups excluding carboxylic acids is 4. The van der Waals surface area contributed by atoms with E-state index in [-0.39, 0.29) is 61.4 Å². The minimum Gasteiger partial charge on any atom is -0.497 e. The fourth-order valence-corrected chi connectivity index (χ4v) is 5.86. The van der Waals surface area contributed by atoms with Crippen molar-refractivity contribution in [3.05, 3.63) is 47.8 Å². The van der Waals surface area contributed by atoms with Gasteiger partial charge in [0, 0.05) is 53.2 Å². The highest BCUT2D eigenvalue weighted by atomic mass is 16.5. The first-order chi connectivity index (χ1) is 24.0. The van der Waals surface area contributed by atoms with Crippen molar-refractivity contribution in [1.82, 2.24) is 24.5 Å². The summed E-state index contributed by atoms with van der Waals surface area (Å²) in [6.07, 6.45) is 0.801. The first-order valence-electron chi connectivity index (χ1n) is 17.6. The molecular weight excluding hydrogens is 650 g/mol. The molecule has 1 amide bonds. The number of rotatable bonds is 19. The van der Waals surface area contributed by atoms with Gasteiger partial charge in [-0.2, -0.15) is 10.2 Å². The first-order valence-corrected chi connectivity index (χ1v) is 17.6. The van der Waals surface area contributed by atoms with Crippen molar-refractivity contribution in [2.45, 2.75) is 74.9 Å². The van der Waals surface area contributed by atoms with Crippen LogP contribution in [0.3, 0.4) is 0 Å². The molecule has 0 saturated heterocycles. The maximum atomic E-state index is 14.0. The topological polar surface area (TPSA) is 135 Å². The lowest BCUT2D eigenvalue weighted by atomic mass is 9.93. The Labute approximate surface area is 300 Å². The van der Waals surface area contributed by atoms with Gasteiger partial charge in [-0.1, -0.05) is 55.4 Å². The number of fused-ring (bicyclic) bond motifs is 2. The summed E-state index contributed by atoms with van der Waals surface area (Å²) >= 11 is 0. The van der Waals surface area contributed by atoms with Gasteiger partial charge in [-0.15, -0.1) is 0 Å². The van der Waals surface area contributed by atoms with Gasteiger partial charge in [0.05, 0.1) is 31.9 Å². The zero-order valence-corrected chi connectivity index (χ0v) is 31.7. The molecule has 0 aliphatic heterocycles. The SMILES string of the molecule is COc1ccc2c(C(=O)C(C)C)nn(CC(=O)COCC(C)(C)CN(CCC(C)C)C(=O)Cn3nc(C(=O)C(C)C)c4ccc(OC)cc43)c2c1. The third kappa shape index (κ3) is 9.61. The average molecular weight is 704 g/mol. The number of nitrogens with zero attached hydrogens (tertiary/aromatic N) is 5. The second kappa shape index (κ2) is 16.6. The number of carbonyl (C=O) groups is 4. The summed E-state index contributed by atoms with van der Waals surface area (Å²) in [4.78, 5) is 54.8. The van der Waals surface area contributed by atoms with Crippen molar-refractivity contribution in [3.63, 3.8) is 0 Å². The van der Waals surface area contributed by atoms with E-state index >= 15 is 0 Å². The van der Waals surface area contributed by atoms with E-state index in [1.54, 1.807) is 49.2 Å². The third-order valence-electron chi connectivity index (χ3n) is 8.75. The molecule has 0 N–H and O–H groups in total. The number of benzene rings is 2. The zero-order chi connectivity index (χ0) is 37.6. The molecule has 0 spiro atoms. The molecule has 4 rings (SSSR count). The average Bonchev–Trinajstić information content (AvgIpc) is 3.62. The van der Waals surface area contributed by atoms with Gasteiger partial charge in [0.15, 0.2) is 17.3 Å². The van der Waals surface area contributed by atoms with Gasteiger partial charge in [-0.25, -0.2) is 0 Å². The number of ether oxygens (including phenoxy) is 3.